The van der Waals surface area contributed by atoms with E-state index >= 15 is 0 Å². The molecular formula is C23H24ClNO2. The van der Waals surface area contributed by atoms with Gasteiger partial charge in [0.1, 0.15) is 6.61 Å². The van der Waals surface area contributed by atoms with Crippen molar-refractivity contribution in [3.05, 3.63) is 87.9 Å². The van der Waals surface area contributed by atoms with Crippen LogP contribution in [-0.4, -0.2) is 7.11 Å². The van der Waals surface area contributed by atoms with E-state index in [0.717, 1.165) is 38.9 Å². The fourth-order valence-electron chi connectivity index (χ4n) is 2.77. The fraction of sp³-hybridized carbons (Fsp3) is 0.217. The number of anilines is 1. The van der Waals surface area contributed by atoms with Crippen molar-refractivity contribution in [3.8, 4) is 11.5 Å². The highest BCUT2D eigenvalue weighted by atomic mass is 35.5. The summed E-state index contributed by atoms with van der Waals surface area (Å²) in [5.41, 5.74) is 5.66. The van der Waals surface area contributed by atoms with E-state index < -0.39 is 0 Å². The molecule has 0 aromatic heterocycles. The summed E-state index contributed by atoms with van der Waals surface area (Å²) in [6.07, 6.45) is 0. The molecule has 3 aromatic rings. The molecule has 0 fully saturated rings. The summed E-state index contributed by atoms with van der Waals surface area (Å²) in [5, 5.41) is 4.15. The van der Waals surface area contributed by atoms with Gasteiger partial charge in [0.05, 0.1) is 7.11 Å². The average Bonchev–Trinajstić information content (AvgIpc) is 2.68. The molecule has 0 unspecified atom stereocenters. The average molecular weight is 382 g/mol. The Labute approximate surface area is 165 Å². The van der Waals surface area contributed by atoms with Crippen LogP contribution in [0.1, 0.15) is 22.3 Å². The number of aryl methyl sites for hydroxylation is 2. The van der Waals surface area contributed by atoms with Gasteiger partial charge in [-0.15, -0.1) is 0 Å². The number of rotatable bonds is 7. The van der Waals surface area contributed by atoms with Gasteiger partial charge in [0.25, 0.3) is 0 Å². The Kier molecular flexibility index (Phi) is 6.25. The Hall–Kier alpha value is -2.65. The Bertz CT molecular complexity index is 907. The normalized spacial score (nSPS) is 10.5. The second-order valence-electron chi connectivity index (χ2n) is 6.57. The van der Waals surface area contributed by atoms with Gasteiger partial charge in [0.15, 0.2) is 11.5 Å². The standard InChI is InChI=1S/C23H24ClNO2/c1-16-4-7-18(8-5-16)15-27-22-11-9-19(12-23(22)26-3)14-25-21-13-20(24)10-6-17(21)2/h4-13,25H,14-15H2,1-3H3. The highest BCUT2D eigenvalue weighted by Gasteiger charge is 2.07. The van der Waals surface area contributed by atoms with E-state index in [1.165, 1.54) is 5.56 Å². The maximum atomic E-state index is 6.08. The summed E-state index contributed by atoms with van der Waals surface area (Å²) < 4.78 is 11.5. The summed E-state index contributed by atoms with van der Waals surface area (Å²) in [6.45, 7) is 5.32. The Morgan fingerprint density at radius 2 is 1.59 bits per heavy atom. The van der Waals surface area contributed by atoms with Crippen molar-refractivity contribution in [1.29, 1.82) is 0 Å². The number of hydrogen-bond acceptors (Lipinski definition) is 3. The second-order valence-corrected chi connectivity index (χ2v) is 7.01. The molecule has 0 radical (unpaired) electrons. The minimum atomic E-state index is 0.510. The summed E-state index contributed by atoms with van der Waals surface area (Å²) in [5.74, 6) is 1.46. The van der Waals surface area contributed by atoms with E-state index in [9.17, 15) is 0 Å². The zero-order chi connectivity index (χ0) is 19.2. The third-order valence-corrected chi connectivity index (χ3v) is 4.66. The van der Waals surface area contributed by atoms with E-state index in [-0.39, 0.29) is 0 Å². The van der Waals surface area contributed by atoms with Gasteiger partial charge < -0.3 is 14.8 Å². The molecule has 0 spiro atoms. The molecule has 4 heteroatoms. The second kappa shape index (κ2) is 8.83. The lowest BCUT2D eigenvalue weighted by atomic mass is 10.1. The monoisotopic (exact) mass is 381 g/mol. The van der Waals surface area contributed by atoms with Gasteiger partial charge in [-0.2, -0.15) is 0 Å². The molecule has 3 rings (SSSR count). The Morgan fingerprint density at radius 1 is 0.852 bits per heavy atom. The molecule has 0 heterocycles. The van der Waals surface area contributed by atoms with Crippen LogP contribution in [0.3, 0.4) is 0 Å². The SMILES string of the molecule is COc1cc(CNc2cc(Cl)ccc2C)ccc1OCc1ccc(C)cc1. The maximum absolute atomic E-state index is 6.08. The molecule has 0 atom stereocenters. The van der Waals surface area contributed by atoms with E-state index in [1.54, 1.807) is 7.11 Å². The molecule has 27 heavy (non-hydrogen) atoms. The van der Waals surface area contributed by atoms with E-state index in [1.807, 2.05) is 36.4 Å². The number of halogens is 1. The smallest absolute Gasteiger partial charge is 0.161 e. The molecule has 0 saturated heterocycles. The van der Waals surface area contributed by atoms with Crippen LogP contribution in [0.15, 0.2) is 60.7 Å². The lowest BCUT2D eigenvalue weighted by molar-refractivity contribution is 0.284. The predicted molar refractivity (Wildman–Crippen MR) is 112 cm³/mol. The molecule has 0 aliphatic carbocycles. The van der Waals surface area contributed by atoms with Gasteiger partial charge in [-0.3, -0.25) is 0 Å². The summed E-state index contributed by atoms with van der Waals surface area (Å²) in [7, 11) is 1.66. The van der Waals surface area contributed by atoms with Crippen molar-refractivity contribution >= 4 is 17.3 Å². The summed E-state index contributed by atoms with van der Waals surface area (Å²) in [6, 6.07) is 20.2. The van der Waals surface area contributed by atoms with Gasteiger partial charge in [0, 0.05) is 17.3 Å². The zero-order valence-electron chi connectivity index (χ0n) is 15.9. The third kappa shape index (κ3) is 5.18. The molecule has 140 valence electrons. The van der Waals surface area contributed by atoms with Gasteiger partial charge in [-0.25, -0.2) is 0 Å². The lowest BCUT2D eigenvalue weighted by Gasteiger charge is -2.14. The first-order chi connectivity index (χ1) is 13.0. The minimum absolute atomic E-state index is 0.510. The van der Waals surface area contributed by atoms with Gasteiger partial charge >= 0.3 is 0 Å². The summed E-state index contributed by atoms with van der Waals surface area (Å²) >= 11 is 6.08. The number of benzene rings is 3. The molecule has 0 bridgehead atoms. The van der Waals surface area contributed by atoms with Gasteiger partial charge in [-0.05, 0) is 54.8 Å². The van der Waals surface area contributed by atoms with Crippen LogP contribution in [0, 0.1) is 13.8 Å². The van der Waals surface area contributed by atoms with Crippen LogP contribution >= 0.6 is 11.6 Å². The number of nitrogens with one attached hydrogen (secondary N) is 1. The van der Waals surface area contributed by atoms with Crippen molar-refractivity contribution in [2.24, 2.45) is 0 Å². The number of hydrogen-bond donors (Lipinski definition) is 1. The molecule has 3 nitrogen and oxygen atoms in total. The highest BCUT2D eigenvalue weighted by Crippen LogP contribution is 2.29. The topological polar surface area (TPSA) is 30.5 Å². The largest absolute Gasteiger partial charge is 0.493 e. The fourth-order valence-corrected chi connectivity index (χ4v) is 2.94. The summed E-state index contributed by atoms with van der Waals surface area (Å²) in [4.78, 5) is 0. The molecule has 0 amide bonds. The molecular weight excluding hydrogens is 358 g/mol. The molecule has 0 aliphatic rings. The van der Waals surface area contributed by atoms with Crippen LogP contribution < -0.4 is 14.8 Å². The first kappa shape index (κ1) is 19.1. The van der Waals surface area contributed by atoms with E-state index in [4.69, 9.17) is 21.1 Å². The number of methoxy groups -OCH3 is 1. The van der Waals surface area contributed by atoms with Crippen molar-refractivity contribution < 1.29 is 9.47 Å². The van der Waals surface area contributed by atoms with Crippen molar-refractivity contribution in [3.63, 3.8) is 0 Å². The first-order valence-electron chi connectivity index (χ1n) is 8.90. The third-order valence-electron chi connectivity index (χ3n) is 4.43. The lowest BCUT2D eigenvalue weighted by Crippen LogP contribution is -2.03. The van der Waals surface area contributed by atoms with E-state index in [2.05, 4.69) is 43.4 Å². The van der Waals surface area contributed by atoms with Crippen LogP contribution in [0.2, 0.25) is 5.02 Å². The van der Waals surface area contributed by atoms with Crippen LogP contribution in [0.25, 0.3) is 0 Å². The van der Waals surface area contributed by atoms with Crippen LogP contribution in [0.4, 0.5) is 5.69 Å². The molecule has 1 N–H and O–H groups in total. The predicted octanol–water partition coefficient (Wildman–Crippen LogP) is 6.16. The highest BCUT2D eigenvalue weighted by molar-refractivity contribution is 6.30. The molecule has 3 aromatic carbocycles. The van der Waals surface area contributed by atoms with Crippen molar-refractivity contribution in [2.75, 3.05) is 12.4 Å². The van der Waals surface area contributed by atoms with Gasteiger partial charge in [0.2, 0.25) is 0 Å². The van der Waals surface area contributed by atoms with Gasteiger partial charge in [-0.1, -0.05) is 53.6 Å². The Morgan fingerprint density at radius 3 is 2.33 bits per heavy atom. The quantitative estimate of drug-likeness (QED) is 0.531. The van der Waals surface area contributed by atoms with Crippen molar-refractivity contribution in [2.45, 2.75) is 27.0 Å². The first-order valence-corrected chi connectivity index (χ1v) is 9.28. The number of ether oxygens (including phenoxy) is 2. The molecule has 0 aliphatic heterocycles. The Balaban J connectivity index is 1.66. The van der Waals surface area contributed by atoms with Crippen LogP contribution in [-0.2, 0) is 13.2 Å². The minimum Gasteiger partial charge on any atom is -0.493 e. The van der Waals surface area contributed by atoms with E-state index in [0.29, 0.717) is 13.2 Å². The zero-order valence-corrected chi connectivity index (χ0v) is 16.6. The van der Waals surface area contributed by atoms with Crippen molar-refractivity contribution in [1.82, 2.24) is 0 Å². The maximum Gasteiger partial charge on any atom is 0.161 e. The van der Waals surface area contributed by atoms with Crippen LogP contribution in [0.5, 0.6) is 11.5 Å². The molecule has 0 saturated carbocycles.